The minimum Gasteiger partial charge on any atom is -0.345 e. The third-order valence-corrected chi connectivity index (χ3v) is 6.73. The van der Waals surface area contributed by atoms with Crippen LogP contribution in [0.25, 0.3) is 38.8 Å². The molecule has 6 heterocycles. The highest BCUT2D eigenvalue weighted by Gasteiger charge is 2.23. The maximum atomic E-state index is 12.7. The van der Waals surface area contributed by atoms with Gasteiger partial charge < -0.3 is 15.2 Å². The van der Waals surface area contributed by atoms with Crippen LogP contribution < -0.4 is 5.32 Å². The summed E-state index contributed by atoms with van der Waals surface area (Å²) in [6.45, 7) is 1.91. The molecule has 1 aliphatic rings. The van der Waals surface area contributed by atoms with Crippen molar-refractivity contribution >= 4 is 28.3 Å². The van der Waals surface area contributed by atoms with E-state index < -0.39 is 0 Å². The fourth-order valence-corrected chi connectivity index (χ4v) is 4.74. The number of aromatic amines is 1. The number of aromatic nitrogens is 6. The number of likely N-dealkylation sites (tertiary alicyclic amines) is 1. The first-order chi connectivity index (χ1) is 16.5. The Labute approximate surface area is 199 Å². The zero-order valence-corrected chi connectivity index (χ0v) is 19.2. The van der Waals surface area contributed by atoms with Gasteiger partial charge in [-0.25, -0.2) is 9.50 Å². The fourth-order valence-electron chi connectivity index (χ4n) is 4.74. The molecule has 34 heavy (non-hydrogen) atoms. The zero-order valence-electron chi connectivity index (χ0n) is 19.2. The number of H-pyrrole nitrogens is 1. The van der Waals surface area contributed by atoms with Crippen LogP contribution in [0.5, 0.6) is 0 Å². The van der Waals surface area contributed by atoms with E-state index in [4.69, 9.17) is 0 Å². The van der Waals surface area contributed by atoms with Crippen molar-refractivity contribution in [3.8, 4) is 22.3 Å². The maximum Gasteiger partial charge on any atom is 0.228 e. The molecule has 0 atom stereocenters. The number of hydrogen-bond donors (Lipinski definition) is 2. The van der Waals surface area contributed by atoms with E-state index in [1.165, 1.54) is 0 Å². The number of aryl methyl sites for hydroxylation is 1. The molecule has 9 nitrogen and oxygen atoms in total. The first kappa shape index (κ1) is 20.6. The van der Waals surface area contributed by atoms with Crippen LogP contribution in [0, 0.1) is 5.92 Å². The summed E-state index contributed by atoms with van der Waals surface area (Å²) in [6, 6.07) is 8.07. The summed E-state index contributed by atoms with van der Waals surface area (Å²) in [6.07, 6.45) is 11.4. The highest BCUT2D eigenvalue weighted by molar-refractivity contribution is 5.97. The average Bonchev–Trinajstić information content (AvgIpc) is 3.56. The molecule has 5 aromatic heterocycles. The van der Waals surface area contributed by atoms with Crippen LogP contribution in [0.3, 0.4) is 0 Å². The molecule has 9 heteroatoms. The van der Waals surface area contributed by atoms with Gasteiger partial charge in [0, 0.05) is 56.5 Å². The lowest BCUT2D eigenvalue weighted by Crippen LogP contribution is -2.36. The van der Waals surface area contributed by atoms with Crippen LogP contribution in [0.15, 0.2) is 55.2 Å². The Kier molecular flexibility index (Phi) is 4.91. The smallest absolute Gasteiger partial charge is 0.228 e. The van der Waals surface area contributed by atoms with Crippen LogP contribution in [-0.2, 0) is 11.8 Å². The van der Waals surface area contributed by atoms with E-state index in [9.17, 15) is 4.79 Å². The molecule has 0 spiro atoms. The van der Waals surface area contributed by atoms with Gasteiger partial charge in [-0.15, -0.1) is 0 Å². The van der Waals surface area contributed by atoms with Crippen LogP contribution in [0.2, 0.25) is 0 Å². The van der Waals surface area contributed by atoms with Gasteiger partial charge in [0.1, 0.15) is 11.5 Å². The number of hydrogen-bond acceptors (Lipinski definition) is 5. The minimum absolute atomic E-state index is 0. The van der Waals surface area contributed by atoms with Crippen LogP contribution in [-0.4, -0.2) is 60.3 Å². The molecule has 1 amide bonds. The van der Waals surface area contributed by atoms with Gasteiger partial charge in [0.2, 0.25) is 5.91 Å². The highest BCUT2D eigenvalue weighted by atomic mass is 16.1. The quantitative estimate of drug-likeness (QED) is 0.424. The van der Waals surface area contributed by atoms with Crippen LogP contribution >= 0.6 is 0 Å². The number of nitrogens with one attached hydrogen (secondary N) is 2. The number of nitrogens with zero attached hydrogens (tertiary/aromatic N) is 6. The van der Waals surface area contributed by atoms with Gasteiger partial charge in [0.05, 0.1) is 17.9 Å². The topological polar surface area (TPSA) is 96.1 Å². The van der Waals surface area contributed by atoms with E-state index in [-0.39, 0.29) is 14.7 Å². The molecule has 0 unspecified atom stereocenters. The second kappa shape index (κ2) is 8.11. The zero-order chi connectivity index (χ0) is 23.2. The number of piperidine rings is 1. The van der Waals surface area contributed by atoms with Crippen LogP contribution in [0.4, 0.5) is 5.82 Å². The lowest BCUT2D eigenvalue weighted by atomic mass is 9.96. The van der Waals surface area contributed by atoms with Crippen molar-refractivity contribution in [3.05, 3.63) is 55.2 Å². The predicted molar refractivity (Wildman–Crippen MR) is 136 cm³/mol. The Hall–Kier alpha value is -3.98. The number of carbonyl (C=O) groups is 1. The van der Waals surface area contributed by atoms with Crippen molar-refractivity contribution in [3.63, 3.8) is 0 Å². The van der Waals surface area contributed by atoms with Gasteiger partial charge in [0.25, 0.3) is 0 Å². The Balaban J connectivity index is 0.00000152. The lowest BCUT2D eigenvalue weighted by Gasteiger charge is -2.27. The van der Waals surface area contributed by atoms with Gasteiger partial charge in [-0.05, 0) is 62.8 Å². The second-order valence-electron chi connectivity index (χ2n) is 9.07. The van der Waals surface area contributed by atoms with Crippen molar-refractivity contribution in [1.82, 2.24) is 34.3 Å². The highest BCUT2D eigenvalue weighted by Crippen LogP contribution is 2.32. The molecule has 2 N–H and O–H groups in total. The molecular weight excluding hydrogens is 428 g/mol. The van der Waals surface area contributed by atoms with E-state index in [1.807, 2.05) is 60.7 Å². The largest absolute Gasteiger partial charge is 0.345 e. The monoisotopic (exact) mass is 458 g/mol. The summed E-state index contributed by atoms with van der Waals surface area (Å²) in [4.78, 5) is 22.9. The standard InChI is InChI=1S/C25H26N8O.2H2/c1-31-8-5-16(6-9-31)25(34)30-23-4-3-19-20(13-26-24(19)29-23)17-7-10-33-22(11-17)21(14-28-33)18-12-27-32(2)15-18;;/h3-4,7,10-16H,5-6,8-9H2,1-2H3,(H2,26,29,30,34);2*1H. The molecule has 1 saturated heterocycles. The predicted octanol–water partition coefficient (Wildman–Crippen LogP) is 4.05. The second-order valence-corrected chi connectivity index (χ2v) is 9.07. The fraction of sp³-hybridized carbons (Fsp3) is 0.280. The summed E-state index contributed by atoms with van der Waals surface area (Å²) in [5.74, 6) is 0.681. The Morgan fingerprint density at radius 3 is 2.74 bits per heavy atom. The van der Waals surface area contributed by atoms with Crippen molar-refractivity contribution < 1.29 is 7.65 Å². The molecule has 0 radical (unpaired) electrons. The van der Waals surface area contributed by atoms with Crippen molar-refractivity contribution in [2.24, 2.45) is 13.0 Å². The van der Waals surface area contributed by atoms with Crippen molar-refractivity contribution in [1.29, 1.82) is 0 Å². The Morgan fingerprint density at radius 2 is 1.94 bits per heavy atom. The number of fused-ring (bicyclic) bond motifs is 2. The average molecular weight is 459 g/mol. The van der Waals surface area contributed by atoms with Crippen LogP contribution in [0.1, 0.15) is 15.7 Å². The SMILES string of the molecule is CN1CCC(C(=O)Nc2ccc3c(-c4ccn5ncc(-c6cnn(C)c6)c5c4)c[nH]c3n2)CC1.[HH].[HH]. The number of amides is 1. The van der Waals surface area contributed by atoms with E-state index in [1.54, 1.807) is 4.68 Å². The summed E-state index contributed by atoms with van der Waals surface area (Å²) < 4.78 is 3.66. The molecule has 0 aromatic carbocycles. The third kappa shape index (κ3) is 3.63. The minimum atomic E-state index is 0. The lowest BCUT2D eigenvalue weighted by molar-refractivity contribution is -0.121. The summed E-state index contributed by atoms with van der Waals surface area (Å²) >= 11 is 0. The number of rotatable bonds is 4. The van der Waals surface area contributed by atoms with Crippen molar-refractivity contribution in [2.45, 2.75) is 12.8 Å². The molecule has 5 aromatic rings. The first-order valence-corrected chi connectivity index (χ1v) is 11.5. The third-order valence-electron chi connectivity index (χ3n) is 6.73. The van der Waals surface area contributed by atoms with Gasteiger partial charge in [0.15, 0.2) is 0 Å². The number of anilines is 1. The maximum absolute atomic E-state index is 12.7. The summed E-state index contributed by atoms with van der Waals surface area (Å²) in [7, 11) is 4.00. The van der Waals surface area contributed by atoms with Gasteiger partial charge in [-0.1, -0.05) is 0 Å². The Bertz CT molecular complexity index is 1510. The normalized spacial score (nSPS) is 15.4. The summed E-state index contributed by atoms with van der Waals surface area (Å²) in [5, 5.41) is 12.8. The van der Waals surface area contributed by atoms with Gasteiger partial charge in [-0.3, -0.25) is 9.48 Å². The molecule has 6 rings (SSSR count). The van der Waals surface area contributed by atoms with Crippen molar-refractivity contribution in [2.75, 3.05) is 25.5 Å². The van der Waals surface area contributed by atoms with Gasteiger partial charge >= 0.3 is 0 Å². The molecule has 1 fully saturated rings. The van der Waals surface area contributed by atoms with E-state index in [0.29, 0.717) is 5.82 Å². The molecule has 0 bridgehead atoms. The molecule has 176 valence electrons. The molecular formula is C25H30N8O. The molecule has 0 saturated carbocycles. The Morgan fingerprint density at radius 1 is 1.09 bits per heavy atom. The molecule has 0 aliphatic carbocycles. The molecule has 1 aliphatic heterocycles. The van der Waals surface area contributed by atoms with Gasteiger partial charge in [-0.2, -0.15) is 10.2 Å². The van der Waals surface area contributed by atoms with E-state index in [2.05, 4.69) is 43.5 Å². The summed E-state index contributed by atoms with van der Waals surface area (Å²) in [5.41, 5.74) is 5.93. The van der Waals surface area contributed by atoms with E-state index in [0.717, 1.165) is 64.7 Å². The number of pyridine rings is 2. The number of carbonyl (C=O) groups excluding carboxylic acids is 1. The van der Waals surface area contributed by atoms with E-state index >= 15 is 0 Å². The first-order valence-electron chi connectivity index (χ1n) is 11.5.